The van der Waals surface area contributed by atoms with Crippen LogP contribution in [0.25, 0.3) is 0 Å². The summed E-state index contributed by atoms with van der Waals surface area (Å²) in [5, 5.41) is 10.7. The Morgan fingerprint density at radius 3 is 2.94 bits per heavy atom. The largest absolute Gasteiger partial charge is 0.364 e. The van der Waals surface area contributed by atoms with Gasteiger partial charge < -0.3 is 15.0 Å². The van der Waals surface area contributed by atoms with E-state index >= 15 is 0 Å². The van der Waals surface area contributed by atoms with Crippen molar-refractivity contribution in [2.75, 3.05) is 6.54 Å². The lowest BCUT2D eigenvalue weighted by Gasteiger charge is -2.21. The Kier molecular flexibility index (Phi) is 3.60. The first-order chi connectivity index (χ1) is 8.50. The molecule has 7 heteroatoms. The zero-order valence-corrected chi connectivity index (χ0v) is 11.4. The number of aromatic nitrogens is 1. The fourth-order valence-corrected chi connectivity index (χ4v) is 2.47. The molecule has 18 heavy (non-hydrogen) atoms. The highest BCUT2D eigenvalue weighted by Gasteiger charge is 2.28. The lowest BCUT2D eigenvalue weighted by Crippen LogP contribution is -2.33. The van der Waals surface area contributed by atoms with E-state index < -0.39 is 4.92 Å². The van der Waals surface area contributed by atoms with Gasteiger partial charge in [0, 0.05) is 18.7 Å². The van der Waals surface area contributed by atoms with Gasteiger partial charge in [0.1, 0.15) is 0 Å². The third-order valence-electron chi connectivity index (χ3n) is 3.07. The van der Waals surface area contributed by atoms with Crippen LogP contribution in [0.4, 0.5) is 5.82 Å². The summed E-state index contributed by atoms with van der Waals surface area (Å²) in [7, 11) is 0. The number of halogens is 1. The first-order valence-corrected chi connectivity index (χ1v) is 6.41. The predicted molar refractivity (Wildman–Crippen MR) is 68.3 cm³/mol. The summed E-state index contributed by atoms with van der Waals surface area (Å²) in [6, 6.07) is 1.40. The highest BCUT2D eigenvalue weighted by atomic mass is 79.9. The quantitative estimate of drug-likeness (QED) is 0.620. The van der Waals surface area contributed by atoms with Gasteiger partial charge in [-0.1, -0.05) is 0 Å². The number of nitrogens with zero attached hydrogens (tertiary/aromatic N) is 3. The molecular weight excluding hydrogens is 302 g/mol. The van der Waals surface area contributed by atoms with Crippen molar-refractivity contribution in [1.82, 2.24) is 9.88 Å². The third kappa shape index (κ3) is 2.35. The second-order valence-electron chi connectivity index (χ2n) is 4.27. The number of carbonyl (C=O) groups is 1. The summed E-state index contributed by atoms with van der Waals surface area (Å²) in [6.07, 6.45) is 3.24. The van der Waals surface area contributed by atoms with E-state index in [1.807, 2.05) is 6.92 Å². The van der Waals surface area contributed by atoms with Crippen molar-refractivity contribution >= 4 is 27.7 Å². The normalized spacial score (nSPS) is 19.0. The third-order valence-corrected chi connectivity index (χ3v) is 3.70. The molecule has 0 saturated carbocycles. The molecule has 0 radical (unpaired) electrons. The van der Waals surface area contributed by atoms with Crippen LogP contribution in [-0.4, -0.2) is 33.3 Å². The van der Waals surface area contributed by atoms with E-state index in [1.165, 1.54) is 12.3 Å². The number of amides is 1. The zero-order chi connectivity index (χ0) is 13.3. The van der Waals surface area contributed by atoms with Gasteiger partial charge in [-0.2, -0.15) is 0 Å². The van der Waals surface area contributed by atoms with Crippen LogP contribution in [0, 0.1) is 10.1 Å². The van der Waals surface area contributed by atoms with Crippen LogP contribution in [0.2, 0.25) is 0 Å². The molecule has 0 aromatic carbocycles. The van der Waals surface area contributed by atoms with E-state index in [0.29, 0.717) is 16.6 Å². The van der Waals surface area contributed by atoms with Crippen molar-refractivity contribution in [3.8, 4) is 0 Å². The molecule has 1 saturated heterocycles. The minimum atomic E-state index is -0.601. The smallest absolute Gasteiger partial charge is 0.358 e. The topological polar surface area (TPSA) is 76.3 Å². The number of carbonyl (C=O) groups excluding carboxylic acids is 1. The number of nitro groups is 1. The van der Waals surface area contributed by atoms with E-state index in [9.17, 15) is 14.9 Å². The van der Waals surface area contributed by atoms with Crippen LogP contribution in [0.3, 0.4) is 0 Å². The summed E-state index contributed by atoms with van der Waals surface area (Å²) in [6.45, 7) is 2.68. The summed E-state index contributed by atoms with van der Waals surface area (Å²) in [5.41, 5.74) is 0.297. The van der Waals surface area contributed by atoms with Crippen LogP contribution >= 0.6 is 15.9 Å². The number of hydrogen-bond donors (Lipinski definition) is 0. The molecule has 6 nitrogen and oxygen atoms in total. The lowest BCUT2D eigenvalue weighted by atomic mass is 10.2. The van der Waals surface area contributed by atoms with Crippen molar-refractivity contribution in [2.45, 2.75) is 25.8 Å². The molecule has 0 bridgehead atoms. The van der Waals surface area contributed by atoms with E-state index in [4.69, 9.17) is 0 Å². The Labute approximate surface area is 112 Å². The van der Waals surface area contributed by atoms with Gasteiger partial charge in [0.25, 0.3) is 5.91 Å². The fraction of sp³-hybridized carbons (Fsp3) is 0.455. The molecule has 96 valence electrons. The van der Waals surface area contributed by atoms with E-state index in [1.54, 1.807) is 4.90 Å². The van der Waals surface area contributed by atoms with Crippen LogP contribution in [0.5, 0.6) is 0 Å². The molecular formula is C11H12BrN3O3. The van der Waals surface area contributed by atoms with Crippen LogP contribution < -0.4 is 0 Å². The molecule has 1 aliphatic heterocycles. The Bertz CT molecular complexity index is 506. The van der Waals surface area contributed by atoms with Gasteiger partial charge in [-0.15, -0.1) is 0 Å². The molecule has 0 spiro atoms. The van der Waals surface area contributed by atoms with Gasteiger partial charge in [0.2, 0.25) is 0 Å². The molecule has 0 aliphatic carbocycles. The van der Waals surface area contributed by atoms with Gasteiger partial charge in [-0.25, -0.2) is 0 Å². The monoisotopic (exact) mass is 313 g/mol. The van der Waals surface area contributed by atoms with Crippen molar-refractivity contribution in [3.63, 3.8) is 0 Å². The molecule has 1 aliphatic rings. The molecule has 1 aromatic heterocycles. The van der Waals surface area contributed by atoms with Crippen LogP contribution in [0.15, 0.2) is 16.7 Å². The first kappa shape index (κ1) is 12.9. The maximum Gasteiger partial charge on any atom is 0.364 e. The van der Waals surface area contributed by atoms with Crippen LogP contribution in [0.1, 0.15) is 30.1 Å². The average Bonchev–Trinajstić information content (AvgIpc) is 2.75. The zero-order valence-electron chi connectivity index (χ0n) is 9.80. The van der Waals surface area contributed by atoms with Gasteiger partial charge in [0.15, 0.2) is 6.20 Å². The van der Waals surface area contributed by atoms with E-state index in [-0.39, 0.29) is 17.8 Å². The highest BCUT2D eigenvalue weighted by Crippen LogP contribution is 2.25. The molecule has 0 N–H and O–H groups in total. The van der Waals surface area contributed by atoms with Crippen LogP contribution in [-0.2, 0) is 0 Å². The molecule has 1 unspecified atom stereocenters. The maximum absolute atomic E-state index is 12.3. The number of rotatable bonds is 2. The standard InChI is InChI=1S/C11H12BrN3O3/c1-7-3-2-4-14(7)11(16)8-5-10(15(17)18)13-6-9(8)12/h5-7H,2-4H2,1H3. The fourth-order valence-electron chi connectivity index (χ4n) is 2.08. The number of likely N-dealkylation sites (tertiary alicyclic amines) is 1. The predicted octanol–water partition coefficient (Wildman–Crippen LogP) is 2.38. The second-order valence-corrected chi connectivity index (χ2v) is 5.12. The second kappa shape index (κ2) is 5.01. The molecule has 1 amide bonds. The number of hydrogen-bond acceptors (Lipinski definition) is 4. The highest BCUT2D eigenvalue weighted by molar-refractivity contribution is 9.10. The van der Waals surface area contributed by atoms with E-state index in [2.05, 4.69) is 20.9 Å². The summed E-state index contributed by atoms with van der Waals surface area (Å²) >= 11 is 3.21. The summed E-state index contributed by atoms with van der Waals surface area (Å²) in [5.74, 6) is -0.495. The van der Waals surface area contributed by atoms with Crippen molar-refractivity contribution < 1.29 is 9.72 Å². The average molecular weight is 314 g/mol. The molecule has 2 rings (SSSR count). The molecule has 2 heterocycles. The maximum atomic E-state index is 12.3. The minimum Gasteiger partial charge on any atom is -0.358 e. The molecule has 1 atom stereocenters. The summed E-state index contributed by atoms with van der Waals surface area (Å²) in [4.78, 5) is 27.8. The van der Waals surface area contributed by atoms with Gasteiger partial charge in [-0.05, 0) is 45.6 Å². The summed E-state index contributed by atoms with van der Waals surface area (Å²) < 4.78 is 0.484. The van der Waals surface area contributed by atoms with Gasteiger partial charge in [-0.3, -0.25) is 4.79 Å². The molecule has 1 aromatic rings. The Balaban J connectivity index is 2.34. The Morgan fingerprint density at radius 2 is 2.39 bits per heavy atom. The van der Waals surface area contributed by atoms with Crippen molar-refractivity contribution in [3.05, 3.63) is 32.4 Å². The Morgan fingerprint density at radius 1 is 1.67 bits per heavy atom. The van der Waals surface area contributed by atoms with Crippen molar-refractivity contribution in [2.24, 2.45) is 0 Å². The molecule has 1 fully saturated rings. The van der Waals surface area contributed by atoms with Gasteiger partial charge >= 0.3 is 5.82 Å². The number of pyridine rings is 1. The van der Waals surface area contributed by atoms with Crippen molar-refractivity contribution in [1.29, 1.82) is 0 Å². The lowest BCUT2D eigenvalue weighted by molar-refractivity contribution is -0.389. The minimum absolute atomic E-state index is 0.177. The first-order valence-electron chi connectivity index (χ1n) is 5.61. The van der Waals surface area contributed by atoms with Gasteiger partial charge in [0.05, 0.1) is 10.0 Å². The Hall–Kier alpha value is -1.50. The SMILES string of the molecule is CC1CCCN1C(=O)c1cc([N+](=O)[O-])ncc1Br. The van der Waals surface area contributed by atoms with E-state index in [0.717, 1.165) is 12.8 Å².